The van der Waals surface area contributed by atoms with Crippen molar-refractivity contribution in [3.8, 4) is 0 Å². The van der Waals surface area contributed by atoms with Gasteiger partial charge in [0.2, 0.25) is 0 Å². The van der Waals surface area contributed by atoms with E-state index in [1.165, 1.54) is 19.3 Å². The summed E-state index contributed by atoms with van der Waals surface area (Å²) in [5, 5.41) is 6.58. The molecule has 2 amide bonds. The first-order valence-corrected chi connectivity index (χ1v) is 10.9. The number of aldehydes is 1. The summed E-state index contributed by atoms with van der Waals surface area (Å²) in [7, 11) is 0. The van der Waals surface area contributed by atoms with Gasteiger partial charge in [-0.2, -0.15) is 5.10 Å². The number of hydrogen-bond donors (Lipinski definition) is 0. The molecule has 0 unspecified atom stereocenters. The second-order valence-electron chi connectivity index (χ2n) is 8.61. The second-order valence-corrected chi connectivity index (χ2v) is 8.61. The molecule has 156 valence electrons. The van der Waals surface area contributed by atoms with Crippen molar-refractivity contribution >= 4 is 29.4 Å². The fourth-order valence-corrected chi connectivity index (χ4v) is 4.43. The Morgan fingerprint density at radius 2 is 1.73 bits per heavy atom. The zero-order valence-electron chi connectivity index (χ0n) is 18.0. The van der Waals surface area contributed by atoms with Crippen LogP contribution in [0.25, 0.3) is 0 Å². The van der Waals surface area contributed by atoms with Crippen molar-refractivity contribution in [1.82, 2.24) is 5.01 Å². The minimum absolute atomic E-state index is 0.0664. The SMILES string of the molecule is Cc1ccc2c(c1)N(c1ccc(C=O)cc1)C(=O)N(C(C)C)N=C2C1CCCCC1. The van der Waals surface area contributed by atoms with Crippen LogP contribution in [0.1, 0.15) is 67.4 Å². The summed E-state index contributed by atoms with van der Waals surface area (Å²) in [6, 6.07) is 13.2. The largest absolute Gasteiger partial charge is 0.349 e. The zero-order valence-corrected chi connectivity index (χ0v) is 18.0. The van der Waals surface area contributed by atoms with Crippen molar-refractivity contribution in [2.24, 2.45) is 11.0 Å². The average molecular weight is 404 g/mol. The van der Waals surface area contributed by atoms with Crippen LogP contribution in [0.5, 0.6) is 0 Å². The topological polar surface area (TPSA) is 53.0 Å². The van der Waals surface area contributed by atoms with Gasteiger partial charge < -0.3 is 0 Å². The van der Waals surface area contributed by atoms with E-state index < -0.39 is 0 Å². The first kappa shape index (κ1) is 20.3. The van der Waals surface area contributed by atoms with Gasteiger partial charge in [0.05, 0.1) is 23.1 Å². The van der Waals surface area contributed by atoms with E-state index in [4.69, 9.17) is 5.10 Å². The van der Waals surface area contributed by atoms with Gasteiger partial charge in [0.15, 0.2) is 0 Å². The number of urea groups is 1. The van der Waals surface area contributed by atoms with Gasteiger partial charge in [0.25, 0.3) is 0 Å². The third-order valence-corrected chi connectivity index (χ3v) is 6.04. The molecule has 0 N–H and O–H groups in total. The smallest absolute Gasteiger partial charge is 0.298 e. The number of benzene rings is 2. The van der Waals surface area contributed by atoms with E-state index in [0.29, 0.717) is 11.5 Å². The van der Waals surface area contributed by atoms with Crippen molar-refractivity contribution in [1.29, 1.82) is 0 Å². The standard InChI is InChI=1S/C25H29N3O2/c1-17(2)28-25(30)27(21-12-10-19(16-29)11-13-21)23-15-18(3)9-14-22(23)24(26-28)20-7-5-4-6-8-20/h9-17,20H,4-8H2,1-3H3. The zero-order chi connectivity index (χ0) is 21.3. The molecule has 30 heavy (non-hydrogen) atoms. The predicted octanol–water partition coefficient (Wildman–Crippen LogP) is 6.07. The molecule has 5 heteroatoms. The fraction of sp³-hybridized carbons (Fsp3) is 0.400. The molecular formula is C25H29N3O2. The highest BCUT2D eigenvalue weighted by atomic mass is 16.2. The van der Waals surface area contributed by atoms with Gasteiger partial charge in [-0.25, -0.2) is 9.80 Å². The molecule has 2 aliphatic rings. The normalized spacial score (nSPS) is 17.6. The maximum absolute atomic E-state index is 13.7. The van der Waals surface area contributed by atoms with Gasteiger partial charge in [0.1, 0.15) is 6.29 Å². The average Bonchev–Trinajstić information content (AvgIpc) is 2.88. The predicted molar refractivity (Wildman–Crippen MR) is 121 cm³/mol. The first-order valence-electron chi connectivity index (χ1n) is 10.9. The van der Waals surface area contributed by atoms with Gasteiger partial charge in [-0.3, -0.25) is 9.69 Å². The third-order valence-electron chi connectivity index (χ3n) is 6.04. The lowest BCUT2D eigenvalue weighted by Gasteiger charge is -2.28. The fourth-order valence-electron chi connectivity index (χ4n) is 4.43. The van der Waals surface area contributed by atoms with E-state index in [2.05, 4.69) is 18.2 Å². The highest BCUT2D eigenvalue weighted by Crippen LogP contribution is 2.38. The van der Waals surface area contributed by atoms with Crippen LogP contribution < -0.4 is 4.90 Å². The highest BCUT2D eigenvalue weighted by molar-refractivity contribution is 6.14. The molecule has 1 heterocycles. The Kier molecular flexibility index (Phi) is 5.71. The lowest BCUT2D eigenvalue weighted by Crippen LogP contribution is -2.41. The highest BCUT2D eigenvalue weighted by Gasteiger charge is 2.35. The molecular weight excluding hydrogens is 374 g/mol. The van der Waals surface area contributed by atoms with Gasteiger partial charge >= 0.3 is 6.03 Å². The molecule has 0 bridgehead atoms. The number of carbonyl (C=O) groups is 2. The molecule has 0 saturated heterocycles. The minimum atomic E-state index is -0.165. The molecule has 0 aromatic heterocycles. The molecule has 1 saturated carbocycles. The van der Waals surface area contributed by atoms with E-state index >= 15 is 0 Å². The van der Waals surface area contributed by atoms with Gasteiger partial charge in [-0.05, 0) is 69.5 Å². The third kappa shape index (κ3) is 3.76. The number of hydrazone groups is 1. The van der Waals surface area contributed by atoms with Crippen LogP contribution in [0, 0.1) is 12.8 Å². The molecule has 4 rings (SSSR count). The monoisotopic (exact) mass is 403 g/mol. The Labute approximate surface area is 178 Å². The van der Waals surface area contributed by atoms with Crippen LogP contribution in [-0.4, -0.2) is 29.1 Å². The summed E-state index contributed by atoms with van der Waals surface area (Å²) in [6.45, 7) is 6.03. The van der Waals surface area contributed by atoms with Crippen LogP contribution >= 0.6 is 0 Å². The molecule has 0 atom stereocenters. The van der Waals surface area contributed by atoms with Crippen molar-refractivity contribution in [3.05, 3.63) is 59.2 Å². The number of fused-ring (bicyclic) bond motifs is 1. The van der Waals surface area contributed by atoms with E-state index in [0.717, 1.165) is 47.3 Å². The number of amides is 2. The Morgan fingerprint density at radius 1 is 1.03 bits per heavy atom. The molecule has 1 aliphatic heterocycles. The summed E-state index contributed by atoms with van der Waals surface area (Å²) in [5.41, 5.74) is 5.35. The van der Waals surface area contributed by atoms with Gasteiger partial charge in [0, 0.05) is 17.0 Å². The van der Waals surface area contributed by atoms with E-state index in [1.54, 1.807) is 22.0 Å². The van der Waals surface area contributed by atoms with Crippen molar-refractivity contribution in [2.45, 2.75) is 58.9 Å². The lowest BCUT2D eigenvalue weighted by atomic mass is 9.82. The van der Waals surface area contributed by atoms with Gasteiger partial charge in [-0.15, -0.1) is 0 Å². The van der Waals surface area contributed by atoms with Crippen LogP contribution in [0.3, 0.4) is 0 Å². The van der Waals surface area contributed by atoms with Crippen molar-refractivity contribution in [3.63, 3.8) is 0 Å². The van der Waals surface area contributed by atoms with Crippen LogP contribution in [0.4, 0.5) is 16.2 Å². The number of anilines is 2. The van der Waals surface area contributed by atoms with E-state index in [1.807, 2.05) is 32.9 Å². The quantitative estimate of drug-likeness (QED) is 0.581. The Bertz CT molecular complexity index is 972. The maximum atomic E-state index is 13.7. The van der Waals surface area contributed by atoms with Gasteiger partial charge in [-0.1, -0.05) is 31.4 Å². The van der Waals surface area contributed by atoms with Crippen molar-refractivity contribution in [2.75, 3.05) is 4.90 Å². The maximum Gasteiger partial charge on any atom is 0.349 e. The summed E-state index contributed by atoms with van der Waals surface area (Å²) in [4.78, 5) is 26.6. The summed E-state index contributed by atoms with van der Waals surface area (Å²) in [6.07, 6.45) is 6.72. The molecule has 5 nitrogen and oxygen atoms in total. The number of hydrogen-bond acceptors (Lipinski definition) is 3. The summed E-state index contributed by atoms with van der Waals surface area (Å²) < 4.78 is 0. The molecule has 0 spiro atoms. The first-order chi connectivity index (χ1) is 14.5. The Balaban J connectivity index is 1.90. The lowest BCUT2D eigenvalue weighted by molar-refractivity contribution is 0.112. The number of nitrogens with zero attached hydrogens (tertiary/aromatic N) is 3. The summed E-state index contributed by atoms with van der Waals surface area (Å²) in [5.74, 6) is 0.367. The number of aryl methyl sites for hydroxylation is 1. The van der Waals surface area contributed by atoms with Crippen LogP contribution in [-0.2, 0) is 0 Å². The summed E-state index contributed by atoms with van der Waals surface area (Å²) >= 11 is 0. The minimum Gasteiger partial charge on any atom is -0.298 e. The molecule has 0 radical (unpaired) electrons. The van der Waals surface area contributed by atoms with E-state index in [-0.39, 0.29) is 12.1 Å². The van der Waals surface area contributed by atoms with Crippen LogP contribution in [0.15, 0.2) is 47.6 Å². The van der Waals surface area contributed by atoms with E-state index in [9.17, 15) is 9.59 Å². The molecule has 1 fully saturated rings. The Hall–Kier alpha value is -2.95. The van der Waals surface area contributed by atoms with Crippen LogP contribution in [0.2, 0.25) is 0 Å². The number of carbonyl (C=O) groups excluding carboxylic acids is 2. The second kappa shape index (κ2) is 8.42. The molecule has 1 aliphatic carbocycles. The van der Waals surface area contributed by atoms with Crippen molar-refractivity contribution < 1.29 is 9.59 Å². The number of rotatable bonds is 4. The molecule has 2 aromatic carbocycles. The molecule has 2 aromatic rings. The Morgan fingerprint density at radius 3 is 2.37 bits per heavy atom.